The van der Waals surface area contributed by atoms with Gasteiger partial charge in [-0.25, -0.2) is 9.37 Å². The Morgan fingerprint density at radius 2 is 2.20 bits per heavy atom. The second kappa shape index (κ2) is 6.52. The van der Waals surface area contributed by atoms with Crippen molar-refractivity contribution in [3.8, 4) is 5.75 Å². The number of methoxy groups -OCH3 is 1. The smallest absolute Gasteiger partial charge is 0.131 e. The van der Waals surface area contributed by atoms with Gasteiger partial charge in [-0.2, -0.15) is 0 Å². The van der Waals surface area contributed by atoms with Crippen LogP contribution >= 0.6 is 0 Å². The zero-order chi connectivity index (χ0) is 14.5. The lowest BCUT2D eigenvalue weighted by Crippen LogP contribution is -2.21. The predicted octanol–water partition coefficient (Wildman–Crippen LogP) is 2.58. The zero-order valence-electron chi connectivity index (χ0n) is 12.1. The summed E-state index contributed by atoms with van der Waals surface area (Å²) in [6.45, 7) is 5.35. The van der Waals surface area contributed by atoms with Crippen LogP contribution in [0, 0.1) is 5.82 Å². The van der Waals surface area contributed by atoms with E-state index in [1.807, 2.05) is 10.8 Å². The van der Waals surface area contributed by atoms with Gasteiger partial charge in [-0.1, -0.05) is 19.9 Å². The number of halogens is 1. The van der Waals surface area contributed by atoms with Crippen LogP contribution in [0.25, 0.3) is 0 Å². The molecule has 0 spiro atoms. The van der Waals surface area contributed by atoms with Crippen LogP contribution in [0.2, 0.25) is 0 Å². The van der Waals surface area contributed by atoms with Crippen LogP contribution < -0.4 is 10.1 Å². The topological polar surface area (TPSA) is 39.1 Å². The molecule has 20 heavy (non-hydrogen) atoms. The maximum atomic E-state index is 13.9. The van der Waals surface area contributed by atoms with Gasteiger partial charge in [0.25, 0.3) is 0 Å². The van der Waals surface area contributed by atoms with E-state index >= 15 is 0 Å². The van der Waals surface area contributed by atoms with Crippen molar-refractivity contribution in [3.05, 3.63) is 47.8 Å². The molecule has 5 heteroatoms. The first-order valence-corrected chi connectivity index (χ1v) is 6.65. The maximum Gasteiger partial charge on any atom is 0.131 e. The Labute approximate surface area is 118 Å². The first-order valence-electron chi connectivity index (χ1n) is 6.65. The highest BCUT2D eigenvalue weighted by Gasteiger charge is 2.06. The lowest BCUT2D eigenvalue weighted by atomic mass is 10.2. The number of rotatable bonds is 6. The van der Waals surface area contributed by atoms with Crippen molar-refractivity contribution in [2.24, 2.45) is 0 Å². The van der Waals surface area contributed by atoms with Crippen LogP contribution in [0.3, 0.4) is 0 Å². The van der Waals surface area contributed by atoms with Gasteiger partial charge in [-0.15, -0.1) is 0 Å². The lowest BCUT2D eigenvalue weighted by Gasteiger charge is -2.07. The van der Waals surface area contributed by atoms with Gasteiger partial charge in [-0.05, 0) is 6.07 Å². The summed E-state index contributed by atoms with van der Waals surface area (Å²) >= 11 is 0. The summed E-state index contributed by atoms with van der Waals surface area (Å²) in [5.74, 6) is 0.263. The Hall–Kier alpha value is -1.88. The second-order valence-corrected chi connectivity index (χ2v) is 5.03. The number of hydrogen-bond donors (Lipinski definition) is 1. The van der Waals surface area contributed by atoms with E-state index < -0.39 is 0 Å². The number of hydrogen-bond acceptors (Lipinski definition) is 3. The highest BCUT2D eigenvalue weighted by molar-refractivity contribution is 5.29. The molecule has 108 valence electrons. The number of ether oxygens (including phenoxy) is 1. The Kier molecular flexibility index (Phi) is 4.74. The summed E-state index contributed by atoms with van der Waals surface area (Å²) in [6.07, 6.45) is 3.65. The molecule has 0 saturated carbocycles. The third-order valence-electron chi connectivity index (χ3n) is 2.99. The van der Waals surface area contributed by atoms with Crippen LogP contribution in [0.1, 0.15) is 25.1 Å². The predicted molar refractivity (Wildman–Crippen MR) is 76.3 cm³/mol. The molecule has 1 heterocycles. The number of nitrogens with one attached hydrogen (secondary N) is 1. The van der Waals surface area contributed by atoms with Gasteiger partial charge in [0.2, 0.25) is 0 Å². The minimum atomic E-state index is -0.264. The molecule has 1 aromatic carbocycles. The molecule has 2 aromatic rings. The lowest BCUT2D eigenvalue weighted by molar-refractivity contribution is 0.410. The van der Waals surface area contributed by atoms with E-state index in [0.717, 1.165) is 12.2 Å². The summed E-state index contributed by atoms with van der Waals surface area (Å²) in [6, 6.07) is 5.31. The molecule has 0 bridgehead atoms. The van der Waals surface area contributed by atoms with Crippen LogP contribution in [-0.4, -0.2) is 22.7 Å². The molecule has 1 N–H and O–H groups in total. The Balaban J connectivity index is 2.03. The standard InChI is InChI=1S/C15H20FN3O/c1-11(2)17-7-13-9-19(10-18-13)8-12-4-5-14(20-3)6-15(12)16/h4-6,9-11,17H,7-8H2,1-3H3. The maximum absolute atomic E-state index is 13.9. The fraction of sp³-hybridized carbons (Fsp3) is 0.400. The van der Waals surface area contributed by atoms with Crippen molar-refractivity contribution < 1.29 is 9.13 Å². The van der Waals surface area contributed by atoms with Crippen molar-refractivity contribution in [3.63, 3.8) is 0 Å². The van der Waals surface area contributed by atoms with Gasteiger partial charge >= 0.3 is 0 Å². The van der Waals surface area contributed by atoms with Gasteiger partial charge in [0.05, 0.1) is 25.7 Å². The molecule has 0 aliphatic rings. The normalized spacial score (nSPS) is 11.1. The van der Waals surface area contributed by atoms with E-state index in [1.54, 1.807) is 18.5 Å². The molecular formula is C15H20FN3O. The molecule has 0 radical (unpaired) electrons. The molecule has 0 aliphatic carbocycles. The molecule has 0 amide bonds. The molecule has 1 aromatic heterocycles. The van der Waals surface area contributed by atoms with Gasteiger partial charge < -0.3 is 14.6 Å². The first kappa shape index (κ1) is 14.5. The number of benzene rings is 1. The minimum Gasteiger partial charge on any atom is -0.497 e. The average molecular weight is 277 g/mol. The molecule has 2 rings (SSSR count). The zero-order valence-corrected chi connectivity index (χ0v) is 12.1. The largest absolute Gasteiger partial charge is 0.497 e. The van der Waals surface area contributed by atoms with Crippen molar-refractivity contribution in [1.29, 1.82) is 0 Å². The fourth-order valence-corrected chi connectivity index (χ4v) is 1.87. The van der Waals surface area contributed by atoms with E-state index in [-0.39, 0.29) is 5.82 Å². The molecule has 0 aliphatic heterocycles. The van der Waals surface area contributed by atoms with Crippen molar-refractivity contribution in [1.82, 2.24) is 14.9 Å². The van der Waals surface area contributed by atoms with E-state index in [4.69, 9.17) is 4.74 Å². The third kappa shape index (κ3) is 3.81. The summed E-state index contributed by atoms with van der Waals surface area (Å²) in [5.41, 5.74) is 1.57. The summed E-state index contributed by atoms with van der Waals surface area (Å²) in [7, 11) is 1.53. The summed E-state index contributed by atoms with van der Waals surface area (Å²) in [4.78, 5) is 4.30. The van der Waals surface area contributed by atoms with Gasteiger partial charge in [0.15, 0.2) is 0 Å². The average Bonchev–Trinajstić information content (AvgIpc) is 2.86. The fourth-order valence-electron chi connectivity index (χ4n) is 1.87. The summed E-state index contributed by atoms with van der Waals surface area (Å²) < 4.78 is 20.7. The Morgan fingerprint density at radius 3 is 2.85 bits per heavy atom. The van der Waals surface area contributed by atoms with E-state index in [0.29, 0.717) is 23.9 Å². The van der Waals surface area contributed by atoms with E-state index in [2.05, 4.69) is 24.1 Å². The Morgan fingerprint density at radius 1 is 1.40 bits per heavy atom. The van der Waals surface area contributed by atoms with E-state index in [1.165, 1.54) is 13.2 Å². The Bertz CT molecular complexity index is 566. The van der Waals surface area contributed by atoms with Gasteiger partial charge in [0.1, 0.15) is 11.6 Å². The number of imidazole rings is 1. The summed E-state index contributed by atoms with van der Waals surface area (Å²) in [5, 5.41) is 3.30. The monoisotopic (exact) mass is 277 g/mol. The van der Waals surface area contributed by atoms with Gasteiger partial charge in [-0.3, -0.25) is 0 Å². The van der Waals surface area contributed by atoms with Crippen LogP contribution in [0.15, 0.2) is 30.7 Å². The molecule has 0 saturated heterocycles. The first-order chi connectivity index (χ1) is 9.58. The molecule has 4 nitrogen and oxygen atoms in total. The number of aromatic nitrogens is 2. The quantitative estimate of drug-likeness (QED) is 0.882. The van der Waals surface area contributed by atoms with Crippen LogP contribution in [0.5, 0.6) is 5.75 Å². The third-order valence-corrected chi connectivity index (χ3v) is 2.99. The number of nitrogens with zero attached hydrogens (tertiary/aromatic N) is 2. The highest BCUT2D eigenvalue weighted by Crippen LogP contribution is 2.17. The highest BCUT2D eigenvalue weighted by atomic mass is 19.1. The minimum absolute atomic E-state index is 0.264. The van der Waals surface area contributed by atoms with Crippen molar-refractivity contribution in [2.45, 2.75) is 33.0 Å². The van der Waals surface area contributed by atoms with Crippen molar-refractivity contribution >= 4 is 0 Å². The molecule has 0 unspecified atom stereocenters. The van der Waals surface area contributed by atoms with E-state index in [9.17, 15) is 4.39 Å². The van der Waals surface area contributed by atoms with Gasteiger partial charge in [0, 0.05) is 30.4 Å². The molecular weight excluding hydrogens is 257 g/mol. The SMILES string of the molecule is COc1ccc(Cn2cnc(CNC(C)C)c2)c(F)c1. The molecule has 0 fully saturated rings. The van der Waals surface area contributed by atoms with Crippen molar-refractivity contribution in [2.75, 3.05) is 7.11 Å². The van der Waals surface area contributed by atoms with Crippen LogP contribution in [0.4, 0.5) is 4.39 Å². The molecule has 0 atom stereocenters. The second-order valence-electron chi connectivity index (χ2n) is 5.03. The van der Waals surface area contributed by atoms with Crippen LogP contribution in [-0.2, 0) is 13.1 Å².